The molecule has 6 heteroatoms. The first-order valence-electron chi connectivity index (χ1n) is 9.02. The van der Waals surface area contributed by atoms with Gasteiger partial charge < -0.3 is 15.4 Å². The van der Waals surface area contributed by atoms with Gasteiger partial charge in [-0.25, -0.2) is 0 Å². The first-order valence-corrected chi connectivity index (χ1v) is 9.90. The molecule has 1 spiro atoms. The summed E-state index contributed by atoms with van der Waals surface area (Å²) in [5, 5.41) is 9.33. The smallest absolute Gasteiger partial charge is 0.191 e. The van der Waals surface area contributed by atoms with E-state index in [0.717, 1.165) is 32.1 Å². The molecule has 2 N–H and O–H groups in total. The summed E-state index contributed by atoms with van der Waals surface area (Å²) in [5.41, 5.74) is 0.408. The lowest BCUT2D eigenvalue weighted by molar-refractivity contribution is -0.171. The maximum Gasteiger partial charge on any atom is 0.191 e. The van der Waals surface area contributed by atoms with Crippen LogP contribution in [-0.2, 0) is 11.2 Å². The summed E-state index contributed by atoms with van der Waals surface area (Å²) >= 11 is 1.82. The Kier molecular flexibility index (Phi) is 6.08. The molecule has 1 aromatic heterocycles. The molecule has 3 fully saturated rings. The normalized spacial score (nSPS) is 30.0. The second-order valence-electron chi connectivity index (χ2n) is 7.04. The van der Waals surface area contributed by atoms with Gasteiger partial charge in [0, 0.05) is 48.4 Å². The summed E-state index contributed by atoms with van der Waals surface area (Å²) in [4.78, 5) is 6.22. The van der Waals surface area contributed by atoms with Crippen LogP contribution in [0.3, 0.4) is 0 Å². The third-order valence-corrected chi connectivity index (χ3v) is 6.82. The molecule has 3 unspecified atom stereocenters. The van der Waals surface area contributed by atoms with Gasteiger partial charge in [0.1, 0.15) is 0 Å². The molecule has 4 rings (SSSR count). The Morgan fingerprint density at radius 1 is 1.46 bits per heavy atom. The highest BCUT2D eigenvalue weighted by Gasteiger charge is 2.66. The Bertz CT molecular complexity index is 559. The van der Waals surface area contributed by atoms with E-state index in [4.69, 9.17) is 9.73 Å². The zero-order valence-corrected chi connectivity index (χ0v) is 17.4. The van der Waals surface area contributed by atoms with Crippen LogP contribution in [0.2, 0.25) is 0 Å². The molecule has 1 saturated heterocycles. The molecular weight excluding hydrogens is 433 g/mol. The van der Waals surface area contributed by atoms with Gasteiger partial charge in [-0.05, 0) is 37.6 Å². The molecule has 2 aliphatic carbocycles. The van der Waals surface area contributed by atoms with E-state index in [1.807, 2.05) is 11.3 Å². The van der Waals surface area contributed by atoms with Crippen molar-refractivity contribution in [1.82, 2.24) is 10.6 Å². The number of halogens is 1. The van der Waals surface area contributed by atoms with Crippen LogP contribution in [0.4, 0.5) is 0 Å². The largest absolute Gasteiger partial charge is 0.377 e. The van der Waals surface area contributed by atoms with Crippen LogP contribution >= 0.6 is 35.3 Å². The van der Waals surface area contributed by atoms with Gasteiger partial charge in [-0.3, -0.25) is 4.99 Å². The van der Waals surface area contributed by atoms with E-state index >= 15 is 0 Å². The van der Waals surface area contributed by atoms with E-state index < -0.39 is 0 Å². The molecule has 2 saturated carbocycles. The first-order chi connectivity index (χ1) is 11.3. The quantitative estimate of drug-likeness (QED) is 0.402. The van der Waals surface area contributed by atoms with Crippen LogP contribution in [0.15, 0.2) is 22.5 Å². The molecule has 134 valence electrons. The van der Waals surface area contributed by atoms with Crippen molar-refractivity contribution in [2.45, 2.75) is 51.2 Å². The van der Waals surface area contributed by atoms with Crippen LogP contribution in [0.5, 0.6) is 0 Å². The van der Waals surface area contributed by atoms with E-state index in [-0.39, 0.29) is 24.0 Å². The van der Waals surface area contributed by atoms with Crippen LogP contribution in [0.25, 0.3) is 0 Å². The molecule has 0 amide bonds. The van der Waals surface area contributed by atoms with Crippen molar-refractivity contribution in [1.29, 1.82) is 0 Å². The topological polar surface area (TPSA) is 45.7 Å². The number of hydrogen-bond donors (Lipinski definition) is 2. The molecule has 0 aromatic carbocycles. The highest BCUT2D eigenvalue weighted by molar-refractivity contribution is 14.0. The average Bonchev–Trinajstić information content (AvgIpc) is 3.13. The lowest BCUT2D eigenvalue weighted by Crippen LogP contribution is -2.72. The second-order valence-corrected chi connectivity index (χ2v) is 8.07. The highest BCUT2D eigenvalue weighted by atomic mass is 127. The molecule has 4 nitrogen and oxygen atoms in total. The molecule has 24 heavy (non-hydrogen) atoms. The fourth-order valence-corrected chi connectivity index (χ4v) is 5.35. The molecule has 0 radical (unpaired) electrons. The van der Waals surface area contributed by atoms with Gasteiger partial charge in [0.05, 0.1) is 6.10 Å². The van der Waals surface area contributed by atoms with Gasteiger partial charge in [0.25, 0.3) is 0 Å². The minimum atomic E-state index is 0. The Morgan fingerprint density at radius 3 is 3.00 bits per heavy atom. The summed E-state index contributed by atoms with van der Waals surface area (Å²) in [7, 11) is 0. The van der Waals surface area contributed by atoms with Gasteiger partial charge in [-0.2, -0.15) is 0 Å². The van der Waals surface area contributed by atoms with Crippen molar-refractivity contribution in [2.75, 3.05) is 19.7 Å². The fraction of sp³-hybridized carbons (Fsp3) is 0.722. The number of nitrogens with one attached hydrogen (secondary N) is 2. The molecule has 0 bridgehead atoms. The maximum absolute atomic E-state index is 6.01. The van der Waals surface area contributed by atoms with Crippen molar-refractivity contribution < 1.29 is 4.74 Å². The lowest BCUT2D eigenvalue weighted by atomic mass is 9.46. The maximum atomic E-state index is 6.01. The van der Waals surface area contributed by atoms with Crippen molar-refractivity contribution in [2.24, 2.45) is 16.3 Å². The number of aliphatic imine (C=N–C) groups is 1. The van der Waals surface area contributed by atoms with Crippen LogP contribution in [0, 0.1) is 11.3 Å². The number of guanidine groups is 1. The third-order valence-electron chi connectivity index (χ3n) is 5.88. The zero-order valence-electron chi connectivity index (χ0n) is 14.3. The van der Waals surface area contributed by atoms with E-state index in [2.05, 4.69) is 35.1 Å². The predicted octanol–water partition coefficient (Wildman–Crippen LogP) is 3.42. The van der Waals surface area contributed by atoms with E-state index in [0.29, 0.717) is 23.5 Å². The Labute approximate surface area is 165 Å². The number of ether oxygens (including phenoxy) is 1. The summed E-state index contributed by atoms with van der Waals surface area (Å²) in [6, 6.07) is 4.86. The highest BCUT2D eigenvalue weighted by Crippen LogP contribution is 2.62. The third kappa shape index (κ3) is 3.21. The Balaban J connectivity index is 0.00000169. The standard InChI is InChI=1S/C18H27N3OS.HI/c1-2-19-17(20-10-6-13-5-3-12-23-13)21-15-14-7-11-22-16(14)18(15)8-4-9-18;/h3,5,12,14-16H,2,4,6-11H2,1H3,(H2,19,20,21);1H. The fourth-order valence-electron chi connectivity index (χ4n) is 4.66. The van der Waals surface area contributed by atoms with Gasteiger partial charge in [-0.15, -0.1) is 35.3 Å². The number of fused-ring (bicyclic) bond motifs is 2. The summed E-state index contributed by atoms with van der Waals surface area (Å²) in [5.74, 6) is 1.68. The van der Waals surface area contributed by atoms with Gasteiger partial charge in [0.15, 0.2) is 5.96 Å². The lowest BCUT2D eigenvalue weighted by Gasteiger charge is -2.63. The van der Waals surface area contributed by atoms with E-state index in [9.17, 15) is 0 Å². The predicted molar refractivity (Wildman–Crippen MR) is 110 cm³/mol. The van der Waals surface area contributed by atoms with Crippen molar-refractivity contribution >= 4 is 41.3 Å². The Hall–Kier alpha value is -0.340. The SMILES string of the molecule is CCNC(=NCCc1cccs1)NC1C2CCOC2C12CCC2.I. The van der Waals surface area contributed by atoms with Gasteiger partial charge in [-0.1, -0.05) is 12.5 Å². The zero-order chi connectivity index (χ0) is 15.7. The van der Waals surface area contributed by atoms with Crippen molar-refractivity contribution in [3.05, 3.63) is 22.4 Å². The van der Waals surface area contributed by atoms with Crippen molar-refractivity contribution in [3.8, 4) is 0 Å². The molecule has 3 atom stereocenters. The van der Waals surface area contributed by atoms with E-state index in [1.54, 1.807) is 0 Å². The van der Waals surface area contributed by atoms with Gasteiger partial charge >= 0.3 is 0 Å². The average molecular weight is 461 g/mol. The summed E-state index contributed by atoms with van der Waals surface area (Å²) in [6.45, 7) is 4.84. The number of hydrogen-bond acceptors (Lipinski definition) is 3. The monoisotopic (exact) mass is 461 g/mol. The minimum Gasteiger partial charge on any atom is -0.377 e. The number of thiophene rings is 1. The van der Waals surface area contributed by atoms with Crippen molar-refractivity contribution in [3.63, 3.8) is 0 Å². The van der Waals surface area contributed by atoms with E-state index in [1.165, 1.54) is 30.6 Å². The molecular formula is C18H28IN3OS. The molecule has 1 aromatic rings. The minimum absolute atomic E-state index is 0. The van der Waals surface area contributed by atoms with Crippen LogP contribution in [-0.4, -0.2) is 37.8 Å². The van der Waals surface area contributed by atoms with Crippen LogP contribution < -0.4 is 10.6 Å². The molecule has 2 heterocycles. The first kappa shape index (κ1) is 18.5. The summed E-state index contributed by atoms with van der Waals surface area (Å²) < 4.78 is 6.01. The number of nitrogens with zero attached hydrogens (tertiary/aromatic N) is 1. The van der Waals surface area contributed by atoms with Crippen LogP contribution in [0.1, 0.15) is 37.5 Å². The second kappa shape index (κ2) is 7.91. The number of rotatable bonds is 5. The molecule has 3 aliphatic rings. The molecule has 1 aliphatic heterocycles. The Morgan fingerprint density at radius 2 is 2.33 bits per heavy atom. The van der Waals surface area contributed by atoms with Gasteiger partial charge in [0.2, 0.25) is 0 Å². The summed E-state index contributed by atoms with van der Waals surface area (Å²) in [6.07, 6.45) is 6.75.